The molecule has 22 heavy (non-hydrogen) atoms. The summed E-state index contributed by atoms with van der Waals surface area (Å²) in [4.78, 5) is 22.9. The van der Waals surface area contributed by atoms with Crippen LogP contribution in [0.1, 0.15) is 31.4 Å². The third-order valence-electron chi connectivity index (χ3n) is 3.94. The van der Waals surface area contributed by atoms with Crippen LogP contribution in [-0.2, 0) is 16.0 Å². The third-order valence-corrected chi connectivity index (χ3v) is 3.94. The van der Waals surface area contributed by atoms with E-state index in [0.717, 1.165) is 12.8 Å². The van der Waals surface area contributed by atoms with E-state index in [1.165, 1.54) is 11.1 Å². The minimum atomic E-state index is -0.915. The molecular weight excluding hydrogens is 280 g/mol. The molecule has 2 atom stereocenters. The van der Waals surface area contributed by atoms with Gasteiger partial charge in [-0.15, -0.1) is 0 Å². The molecule has 0 bridgehead atoms. The molecule has 5 nitrogen and oxygen atoms in total. The van der Waals surface area contributed by atoms with E-state index in [1.54, 1.807) is 0 Å². The highest BCUT2D eigenvalue weighted by molar-refractivity contribution is 5.80. The summed E-state index contributed by atoms with van der Waals surface area (Å²) in [5.74, 6) is -1.11. The van der Waals surface area contributed by atoms with Gasteiger partial charge in [-0.2, -0.15) is 0 Å². The lowest BCUT2D eigenvalue weighted by Gasteiger charge is -2.19. The topological polar surface area (TPSA) is 78.4 Å². The average Bonchev–Trinajstić information content (AvgIpc) is 2.48. The number of aliphatic carboxylic acids is 1. The van der Waals surface area contributed by atoms with Gasteiger partial charge >= 0.3 is 5.97 Å². The summed E-state index contributed by atoms with van der Waals surface area (Å²) in [6.45, 7) is 6.41. The Balaban J connectivity index is 2.34. The van der Waals surface area contributed by atoms with Crippen molar-refractivity contribution >= 4 is 11.9 Å². The molecule has 1 aromatic rings. The molecule has 0 aliphatic heterocycles. The molecule has 0 radical (unpaired) electrons. The van der Waals surface area contributed by atoms with Gasteiger partial charge in [0.2, 0.25) is 5.91 Å². The molecule has 0 saturated heterocycles. The summed E-state index contributed by atoms with van der Waals surface area (Å²) in [7, 11) is 0. The Hall–Kier alpha value is -1.88. The van der Waals surface area contributed by atoms with E-state index in [2.05, 4.69) is 10.6 Å². The molecule has 0 aliphatic carbocycles. The smallest absolute Gasteiger partial charge is 0.320 e. The van der Waals surface area contributed by atoms with Crippen molar-refractivity contribution in [1.29, 1.82) is 0 Å². The number of benzene rings is 1. The SMILES string of the molecule is CC[C@H](C)[C@H](NCC(=O)NCCc1ccccc1C)C(=O)O. The van der Waals surface area contributed by atoms with E-state index in [1.807, 2.05) is 45.0 Å². The molecule has 0 unspecified atom stereocenters. The second-order valence-corrected chi connectivity index (χ2v) is 5.61. The van der Waals surface area contributed by atoms with E-state index in [4.69, 9.17) is 5.11 Å². The summed E-state index contributed by atoms with van der Waals surface area (Å²) in [5, 5.41) is 14.8. The summed E-state index contributed by atoms with van der Waals surface area (Å²) >= 11 is 0. The largest absolute Gasteiger partial charge is 0.480 e. The van der Waals surface area contributed by atoms with Gasteiger partial charge in [0.15, 0.2) is 0 Å². The second kappa shape index (κ2) is 9.20. The highest BCUT2D eigenvalue weighted by Gasteiger charge is 2.23. The molecule has 0 heterocycles. The molecule has 0 fully saturated rings. The van der Waals surface area contributed by atoms with Crippen molar-refractivity contribution in [2.24, 2.45) is 5.92 Å². The van der Waals surface area contributed by atoms with Crippen molar-refractivity contribution in [2.45, 2.75) is 39.7 Å². The van der Waals surface area contributed by atoms with Crippen LogP contribution in [0.4, 0.5) is 0 Å². The van der Waals surface area contributed by atoms with Crippen LogP contribution < -0.4 is 10.6 Å². The molecule has 0 aromatic heterocycles. The molecule has 1 aromatic carbocycles. The first-order valence-corrected chi connectivity index (χ1v) is 7.73. The lowest BCUT2D eigenvalue weighted by Crippen LogP contribution is -2.46. The Morgan fingerprint density at radius 2 is 1.95 bits per heavy atom. The van der Waals surface area contributed by atoms with E-state index < -0.39 is 12.0 Å². The highest BCUT2D eigenvalue weighted by Crippen LogP contribution is 2.08. The van der Waals surface area contributed by atoms with E-state index in [-0.39, 0.29) is 18.4 Å². The minimum absolute atomic E-state index is 0.0164. The van der Waals surface area contributed by atoms with Crippen molar-refractivity contribution in [3.05, 3.63) is 35.4 Å². The van der Waals surface area contributed by atoms with E-state index in [9.17, 15) is 9.59 Å². The van der Waals surface area contributed by atoms with E-state index in [0.29, 0.717) is 6.54 Å². The maximum absolute atomic E-state index is 11.8. The zero-order valence-electron chi connectivity index (χ0n) is 13.6. The van der Waals surface area contributed by atoms with Crippen LogP contribution in [0.2, 0.25) is 0 Å². The fourth-order valence-electron chi connectivity index (χ4n) is 2.26. The van der Waals surface area contributed by atoms with Crippen LogP contribution in [0.15, 0.2) is 24.3 Å². The van der Waals surface area contributed by atoms with Crippen LogP contribution in [-0.4, -0.2) is 36.1 Å². The standard InChI is InChI=1S/C17H26N2O3/c1-4-12(2)16(17(21)22)19-11-15(20)18-10-9-14-8-6-5-7-13(14)3/h5-8,12,16,19H,4,9-11H2,1-3H3,(H,18,20)(H,21,22)/t12-,16-/m0/s1. The summed E-state index contributed by atoms with van der Waals surface area (Å²) in [6.07, 6.45) is 1.52. The normalized spacial score (nSPS) is 13.4. The van der Waals surface area contributed by atoms with Crippen molar-refractivity contribution in [3.63, 3.8) is 0 Å². The molecule has 1 rings (SSSR count). The number of carboxylic acids is 1. The first-order chi connectivity index (χ1) is 10.5. The quantitative estimate of drug-likeness (QED) is 0.649. The lowest BCUT2D eigenvalue weighted by molar-refractivity contribution is -0.140. The molecule has 0 spiro atoms. The van der Waals surface area contributed by atoms with Crippen molar-refractivity contribution in [1.82, 2.24) is 10.6 Å². The van der Waals surface area contributed by atoms with Gasteiger partial charge in [-0.3, -0.25) is 14.9 Å². The van der Waals surface area contributed by atoms with Gasteiger partial charge in [-0.25, -0.2) is 0 Å². The van der Waals surface area contributed by atoms with Gasteiger partial charge in [-0.05, 0) is 30.4 Å². The van der Waals surface area contributed by atoms with Crippen LogP contribution in [0.25, 0.3) is 0 Å². The predicted molar refractivity (Wildman–Crippen MR) is 86.8 cm³/mol. The van der Waals surface area contributed by atoms with Crippen LogP contribution in [0.5, 0.6) is 0 Å². The first kappa shape index (κ1) is 18.2. The Bertz CT molecular complexity index is 502. The molecule has 122 valence electrons. The fourth-order valence-corrected chi connectivity index (χ4v) is 2.26. The third kappa shape index (κ3) is 5.85. The maximum Gasteiger partial charge on any atom is 0.320 e. The number of carbonyl (C=O) groups excluding carboxylic acids is 1. The lowest BCUT2D eigenvalue weighted by atomic mass is 9.99. The van der Waals surface area contributed by atoms with Gasteiger partial charge in [0, 0.05) is 6.54 Å². The number of rotatable bonds is 9. The summed E-state index contributed by atoms with van der Waals surface area (Å²) in [5.41, 5.74) is 2.41. The minimum Gasteiger partial charge on any atom is -0.480 e. The number of carbonyl (C=O) groups is 2. The fraction of sp³-hybridized carbons (Fsp3) is 0.529. The molecule has 3 N–H and O–H groups in total. The number of carboxylic acid groups (broad SMARTS) is 1. The maximum atomic E-state index is 11.8. The van der Waals surface area contributed by atoms with Gasteiger partial charge in [0.25, 0.3) is 0 Å². The predicted octanol–water partition coefficient (Wildman–Crippen LogP) is 1.74. The zero-order valence-corrected chi connectivity index (χ0v) is 13.6. The highest BCUT2D eigenvalue weighted by atomic mass is 16.4. The molecule has 5 heteroatoms. The molecule has 0 aliphatic rings. The van der Waals surface area contributed by atoms with Crippen molar-refractivity contribution in [3.8, 4) is 0 Å². The summed E-state index contributed by atoms with van der Waals surface area (Å²) in [6, 6.07) is 7.37. The Labute approximate surface area is 132 Å². The molecular formula is C17H26N2O3. The Morgan fingerprint density at radius 1 is 1.27 bits per heavy atom. The number of nitrogens with one attached hydrogen (secondary N) is 2. The number of amides is 1. The first-order valence-electron chi connectivity index (χ1n) is 7.73. The average molecular weight is 306 g/mol. The monoisotopic (exact) mass is 306 g/mol. The second-order valence-electron chi connectivity index (χ2n) is 5.61. The number of hydrogen-bond donors (Lipinski definition) is 3. The van der Waals surface area contributed by atoms with Gasteiger partial charge < -0.3 is 10.4 Å². The van der Waals surface area contributed by atoms with Gasteiger partial charge in [0.1, 0.15) is 6.04 Å². The molecule has 0 saturated carbocycles. The zero-order chi connectivity index (χ0) is 16.5. The number of aryl methyl sites for hydroxylation is 1. The van der Waals surface area contributed by atoms with Crippen LogP contribution >= 0.6 is 0 Å². The number of hydrogen-bond acceptors (Lipinski definition) is 3. The van der Waals surface area contributed by atoms with Gasteiger partial charge in [-0.1, -0.05) is 44.5 Å². The Morgan fingerprint density at radius 3 is 2.55 bits per heavy atom. The van der Waals surface area contributed by atoms with Gasteiger partial charge in [0.05, 0.1) is 6.54 Å². The van der Waals surface area contributed by atoms with Crippen molar-refractivity contribution in [2.75, 3.05) is 13.1 Å². The summed E-state index contributed by atoms with van der Waals surface area (Å²) < 4.78 is 0. The molecule has 1 amide bonds. The van der Waals surface area contributed by atoms with E-state index >= 15 is 0 Å². The van der Waals surface area contributed by atoms with Crippen molar-refractivity contribution < 1.29 is 14.7 Å². The van der Waals surface area contributed by atoms with Crippen LogP contribution in [0, 0.1) is 12.8 Å². The van der Waals surface area contributed by atoms with Crippen LogP contribution in [0.3, 0.4) is 0 Å². The Kier molecular flexibility index (Phi) is 7.60.